The summed E-state index contributed by atoms with van der Waals surface area (Å²) in [5, 5.41) is 0. The predicted octanol–water partition coefficient (Wildman–Crippen LogP) is 0.846. The monoisotopic (exact) mass is 268 g/mol. The minimum Gasteiger partial charge on any atom is -0.445 e. The van der Waals surface area contributed by atoms with E-state index in [4.69, 9.17) is 0 Å². The summed E-state index contributed by atoms with van der Waals surface area (Å²) in [7, 11) is 0. The van der Waals surface area contributed by atoms with Gasteiger partial charge in [-0.2, -0.15) is 0 Å². The first-order chi connectivity index (χ1) is 4.95. The molecule has 0 spiro atoms. The van der Waals surface area contributed by atoms with Crippen LogP contribution in [-0.2, 0) is 0 Å². The summed E-state index contributed by atoms with van der Waals surface area (Å²) in [4.78, 5) is 0. The van der Waals surface area contributed by atoms with E-state index in [1.807, 2.05) is 6.92 Å². The second-order valence-electron chi connectivity index (χ2n) is 2.34. The molecule has 0 rings (SSSR count). The molecule has 0 bridgehead atoms. The Labute approximate surface area is 122 Å². The normalized spacial score (nSPS) is 12.6. The number of rotatable bonds is 4. The van der Waals surface area contributed by atoms with Gasteiger partial charge in [0.15, 0.2) is 0 Å². The largest absolute Gasteiger partial charge is 1.00 e. The summed E-state index contributed by atoms with van der Waals surface area (Å²) in [6.45, 7) is -2.83. The first-order valence-electron chi connectivity index (χ1n) is 3.53. The zero-order chi connectivity index (χ0) is 8.91. The first-order valence-corrected chi connectivity index (χ1v) is 4.32. The smallest absolute Gasteiger partial charge is 0.445 e. The van der Waals surface area contributed by atoms with Crippen molar-refractivity contribution in [3.8, 4) is 0 Å². The Kier molecular flexibility index (Phi) is 10.8. The van der Waals surface area contributed by atoms with E-state index in [0.717, 1.165) is 12.8 Å². The van der Waals surface area contributed by atoms with Crippen LogP contribution < -0.4 is 51.4 Å². The molecule has 0 aliphatic carbocycles. The molecule has 0 unspecified atom stereocenters. The molecule has 0 nitrogen and oxygen atoms in total. The average Bonchev–Trinajstić information content (AvgIpc) is 1.79. The minimum atomic E-state index is -4.77. The summed E-state index contributed by atoms with van der Waals surface area (Å²) in [6, 6.07) is 0. The van der Waals surface area contributed by atoms with Gasteiger partial charge in [-0.25, -0.2) is 0 Å². The molecule has 0 saturated carbocycles. The number of hydrogen-bond donors (Lipinski definition) is 0. The Balaban J connectivity index is 0. The quantitative estimate of drug-likeness (QED) is 0.664. The summed E-state index contributed by atoms with van der Waals surface area (Å²) in [5.74, 6) is 0.357. The molecule has 0 fully saturated rings. The van der Waals surface area contributed by atoms with Crippen LogP contribution in [-0.4, -0.2) is 6.98 Å². The van der Waals surface area contributed by atoms with Gasteiger partial charge < -0.3 is 12.9 Å². The molecule has 0 heterocycles. The van der Waals surface area contributed by atoms with E-state index >= 15 is 0 Å². The molecule has 0 atom stereocenters. The fraction of sp³-hybridized carbons (Fsp3) is 0.667. The summed E-state index contributed by atoms with van der Waals surface area (Å²) in [6.07, 6.45) is 2.19. The van der Waals surface area contributed by atoms with Crippen molar-refractivity contribution in [2.24, 2.45) is 0 Å². The summed E-state index contributed by atoms with van der Waals surface area (Å²) >= 11 is 2.87. The van der Waals surface area contributed by atoms with Crippen LogP contribution in [0.5, 0.6) is 0 Å². The van der Waals surface area contributed by atoms with Gasteiger partial charge in [-0.3, -0.25) is 0 Å². The fourth-order valence-corrected chi connectivity index (χ4v) is 1.21. The van der Waals surface area contributed by atoms with Gasteiger partial charge in [-0.1, -0.05) is 29.3 Å². The summed E-state index contributed by atoms with van der Waals surface area (Å²) in [5.41, 5.74) is 0. The van der Waals surface area contributed by atoms with Crippen molar-refractivity contribution >= 4 is 22.9 Å². The van der Waals surface area contributed by atoms with Crippen molar-refractivity contribution in [2.45, 2.75) is 26.2 Å². The van der Waals surface area contributed by atoms with Crippen LogP contribution in [0.1, 0.15) is 26.2 Å². The minimum absolute atomic E-state index is 0. The van der Waals surface area contributed by atoms with Crippen molar-refractivity contribution in [3.63, 3.8) is 0 Å². The van der Waals surface area contributed by atoms with Gasteiger partial charge in [0.25, 0.3) is 0 Å². The van der Waals surface area contributed by atoms with Crippen LogP contribution in [0, 0.1) is 0 Å². The molecule has 0 aliphatic rings. The maximum absolute atomic E-state index is 11.7. The summed E-state index contributed by atoms with van der Waals surface area (Å²) < 4.78 is 35.3. The molecule has 6 heteroatoms. The molecule has 66 valence electrons. The zero-order valence-electron chi connectivity index (χ0n) is 7.29. The zero-order valence-corrected chi connectivity index (χ0v) is 12.0. The van der Waals surface area contributed by atoms with Gasteiger partial charge in [0.05, 0.1) is 0 Å². The Morgan fingerprint density at radius 3 is 2.25 bits per heavy atom. The van der Waals surface area contributed by atoms with Crippen LogP contribution in [0.3, 0.4) is 0 Å². The maximum atomic E-state index is 11.7. The third kappa shape index (κ3) is 11.7. The topological polar surface area (TPSA) is 0 Å². The van der Waals surface area contributed by atoms with Crippen LogP contribution >= 0.6 is 15.9 Å². The molecule has 0 aliphatic heterocycles. The van der Waals surface area contributed by atoms with Gasteiger partial charge in [0.2, 0.25) is 0 Å². The van der Waals surface area contributed by atoms with Crippen molar-refractivity contribution in [2.75, 3.05) is 0 Å². The van der Waals surface area contributed by atoms with E-state index in [1.54, 1.807) is 0 Å². The Hall–Kier alpha value is 1.71. The number of unbranched alkanes of at least 4 members (excludes halogenated alkanes) is 1. The van der Waals surface area contributed by atoms with Crippen molar-refractivity contribution in [3.05, 3.63) is 10.5 Å². The molecule has 12 heavy (non-hydrogen) atoms. The van der Waals surface area contributed by atoms with Gasteiger partial charge in [-0.05, 0) is 17.3 Å². The van der Waals surface area contributed by atoms with Crippen molar-refractivity contribution < 1.29 is 64.3 Å². The van der Waals surface area contributed by atoms with Crippen LogP contribution in [0.2, 0.25) is 0 Å². The number of hydrogen-bond acceptors (Lipinski definition) is 0. The van der Waals surface area contributed by atoms with Gasteiger partial charge in [-0.15, -0.1) is 5.98 Å². The molecule has 0 saturated heterocycles. The Bertz CT molecular complexity index is 146. The van der Waals surface area contributed by atoms with E-state index in [-0.39, 0.29) is 55.9 Å². The van der Waals surface area contributed by atoms with Gasteiger partial charge in [0.1, 0.15) is 0 Å². The van der Waals surface area contributed by atoms with Crippen LogP contribution in [0.15, 0.2) is 10.5 Å². The molecular formula is C6H10BBrF3K. The van der Waals surface area contributed by atoms with Crippen molar-refractivity contribution in [1.82, 2.24) is 0 Å². The molecule has 0 radical (unpaired) electrons. The Morgan fingerprint density at radius 1 is 1.42 bits per heavy atom. The average molecular weight is 269 g/mol. The van der Waals surface area contributed by atoms with E-state index in [0.29, 0.717) is 12.4 Å². The van der Waals surface area contributed by atoms with E-state index in [1.165, 1.54) is 0 Å². The van der Waals surface area contributed by atoms with Crippen LogP contribution in [0.25, 0.3) is 0 Å². The molecular weight excluding hydrogens is 259 g/mol. The molecule has 0 aromatic carbocycles. The second-order valence-corrected chi connectivity index (χ2v) is 3.36. The number of halogens is 4. The maximum Gasteiger partial charge on any atom is 1.00 e. The third-order valence-corrected chi connectivity index (χ3v) is 1.80. The van der Waals surface area contributed by atoms with E-state index < -0.39 is 6.98 Å². The fourth-order valence-electron chi connectivity index (χ4n) is 0.634. The van der Waals surface area contributed by atoms with Gasteiger partial charge >= 0.3 is 58.4 Å². The molecule has 0 N–H and O–H groups in total. The van der Waals surface area contributed by atoms with E-state index in [2.05, 4.69) is 15.9 Å². The standard InChI is InChI=1S/C6H10BBrF3.K/c1-2-3-4-6(8)5-7(9,10)11;/h5H,2-4H2,1H3;/q-1;+1/b6-5-;. The molecule has 0 amide bonds. The van der Waals surface area contributed by atoms with Gasteiger partial charge in [0, 0.05) is 0 Å². The second kappa shape index (κ2) is 8.06. The van der Waals surface area contributed by atoms with Crippen LogP contribution in [0.4, 0.5) is 12.9 Å². The number of allylic oxidation sites excluding steroid dienone is 1. The third-order valence-electron chi connectivity index (χ3n) is 1.14. The van der Waals surface area contributed by atoms with Crippen molar-refractivity contribution in [1.29, 1.82) is 0 Å². The first kappa shape index (κ1) is 16.2. The molecule has 0 aromatic heterocycles. The predicted molar refractivity (Wildman–Crippen MR) is 45.6 cm³/mol. The Morgan fingerprint density at radius 2 is 1.92 bits per heavy atom. The molecule has 0 aromatic rings. The SMILES string of the molecule is CCCC/C(Br)=C/[B-](F)(F)F.[K+]. The van der Waals surface area contributed by atoms with E-state index in [9.17, 15) is 12.9 Å².